The molecule has 1 saturated heterocycles. The molecule has 2 rings (SSSR count). The van der Waals surface area contributed by atoms with Gasteiger partial charge in [-0.05, 0) is 25.5 Å². The van der Waals surface area contributed by atoms with E-state index in [0.717, 1.165) is 32.7 Å². The van der Waals surface area contributed by atoms with Crippen molar-refractivity contribution < 1.29 is 13.3 Å². The standard InChI is InChI=1S/C16H26N4O4S/c1-13(12-19-9-7-18(3)8-10-19)11-17-25(23,24)16-14(2)5-4-6-15(16)20(21)22/h4-6,13,17H,7-12H2,1-3H3. The predicted octanol–water partition coefficient (Wildman–Crippen LogP) is 1.07. The zero-order chi connectivity index (χ0) is 18.6. The van der Waals surface area contributed by atoms with Crippen LogP contribution in [0, 0.1) is 23.0 Å². The number of nitro groups is 1. The molecular weight excluding hydrogens is 344 g/mol. The molecule has 140 valence electrons. The maximum atomic E-state index is 12.6. The molecular formula is C16H26N4O4S. The highest BCUT2D eigenvalue weighted by Crippen LogP contribution is 2.26. The molecule has 1 aliphatic rings. The summed E-state index contributed by atoms with van der Waals surface area (Å²) < 4.78 is 27.7. The fourth-order valence-electron chi connectivity index (χ4n) is 2.99. The number of nitro benzene ring substituents is 1. The Kier molecular flexibility index (Phi) is 6.50. The first-order chi connectivity index (χ1) is 11.7. The molecule has 1 aliphatic heterocycles. The van der Waals surface area contributed by atoms with Crippen LogP contribution in [0.15, 0.2) is 23.1 Å². The molecule has 1 fully saturated rings. The number of rotatable bonds is 7. The molecule has 1 aromatic rings. The van der Waals surface area contributed by atoms with E-state index in [1.165, 1.54) is 12.1 Å². The summed E-state index contributed by atoms with van der Waals surface area (Å²) in [5.41, 5.74) is -0.0207. The van der Waals surface area contributed by atoms with E-state index in [2.05, 4.69) is 21.6 Å². The SMILES string of the molecule is Cc1cccc([N+](=O)[O-])c1S(=O)(=O)NCC(C)CN1CCN(C)CC1. The van der Waals surface area contributed by atoms with Crippen LogP contribution in [-0.4, -0.2) is 69.5 Å². The molecule has 1 unspecified atom stereocenters. The Labute approximate surface area is 149 Å². The number of hydrogen-bond donors (Lipinski definition) is 1. The lowest BCUT2D eigenvalue weighted by molar-refractivity contribution is -0.387. The smallest absolute Gasteiger partial charge is 0.289 e. The molecule has 25 heavy (non-hydrogen) atoms. The second-order valence-corrected chi connectivity index (χ2v) is 8.45. The number of benzene rings is 1. The number of nitrogens with zero attached hydrogens (tertiary/aromatic N) is 3. The number of nitrogens with one attached hydrogen (secondary N) is 1. The normalized spacial score (nSPS) is 18.2. The fourth-order valence-corrected chi connectivity index (χ4v) is 4.55. The molecule has 0 aromatic heterocycles. The molecule has 0 saturated carbocycles. The van der Waals surface area contributed by atoms with Gasteiger partial charge in [-0.25, -0.2) is 13.1 Å². The summed E-state index contributed by atoms with van der Waals surface area (Å²) in [6, 6.07) is 4.27. The van der Waals surface area contributed by atoms with Crippen LogP contribution in [0.4, 0.5) is 5.69 Å². The number of hydrogen-bond acceptors (Lipinski definition) is 6. The van der Waals surface area contributed by atoms with Gasteiger partial charge in [0.1, 0.15) is 0 Å². The van der Waals surface area contributed by atoms with Crippen molar-refractivity contribution >= 4 is 15.7 Å². The van der Waals surface area contributed by atoms with Crippen molar-refractivity contribution in [1.29, 1.82) is 0 Å². The molecule has 0 radical (unpaired) electrons. The third-order valence-electron chi connectivity index (χ3n) is 4.44. The van der Waals surface area contributed by atoms with Crippen LogP contribution in [0.25, 0.3) is 0 Å². The number of aryl methyl sites for hydroxylation is 1. The number of likely N-dealkylation sites (N-methyl/N-ethyl adjacent to an activating group) is 1. The van der Waals surface area contributed by atoms with E-state index < -0.39 is 14.9 Å². The molecule has 8 nitrogen and oxygen atoms in total. The summed E-state index contributed by atoms with van der Waals surface area (Å²) in [5, 5.41) is 11.2. The first kappa shape index (κ1) is 19.8. The minimum absolute atomic E-state index is 0.112. The predicted molar refractivity (Wildman–Crippen MR) is 96.1 cm³/mol. The molecule has 0 aliphatic carbocycles. The minimum atomic E-state index is -3.93. The molecule has 0 amide bonds. The first-order valence-corrected chi connectivity index (χ1v) is 9.83. The Morgan fingerprint density at radius 1 is 1.28 bits per heavy atom. The van der Waals surface area contributed by atoms with Gasteiger partial charge in [-0.2, -0.15) is 0 Å². The van der Waals surface area contributed by atoms with Gasteiger partial charge in [0.05, 0.1) is 4.92 Å². The van der Waals surface area contributed by atoms with Gasteiger partial charge < -0.3 is 9.80 Å². The van der Waals surface area contributed by atoms with Crippen LogP contribution < -0.4 is 4.72 Å². The summed E-state index contributed by atoms with van der Waals surface area (Å²) in [4.78, 5) is 14.8. The van der Waals surface area contributed by atoms with Crippen LogP contribution >= 0.6 is 0 Å². The van der Waals surface area contributed by atoms with Gasteiger partial charge in [0.2, 0.25) is 10.0 Å². The Hall–Kier alpha value is -1.55. The third kappa shape index (κ3) is 5.21. The maximum absolute atomic E-state index is 12.6. The first-order valence-electron chi connectivity index (χ1n) is 8.35. The van der Waals surface area contributed by atoms with Gasteiger partial charge in [-0.15, -0.1) is 0 Å². The van der Waals surface area contributed by atoms with Crippen molar-refractivity contribution in [2.24, 2.45) is 5.92 Å². The summed E-state index contributed by atoms with van der Waals surface area (Å²) in [5.74, 6) is 0.112. The Morgan fingerprint density at radius 2 is 1.92 bits per heavy atom. The topological polar surface area (TPSA) is 95.8 Å². The van der Waals surface area contributed by atoms with Crippen LogP contribution in [0.1, 0.15) is 12.5 Å². The molecule has 1 aromatic carbocycles. The van der Waals surface area contributed by atoms with E-state index in [0.29, 0.717) is 5.56 Å². The Balaban J connectivity index is 2.01. The van der Waals surface area contributed by atoms with Crippen molar-refractivity contribution in [3.8, 4) is 0 Å². The second-order valence-electron chi connectivity index (χ2n) is 6.74. The minimum Gasteiger partial charge on any atom is -0.304 e. The maximum Gasteiger partial charge on any atom is 0.289 e. The molecule has 1 atom stereocenters. The van der Waals surface area contributed by atoms with Crippen LogP contribution in [0.5, 0.6) is 0 Å². The summed E-state index contributed by atoms with van der Waals surface area (Å²) in [6.07, 6.45) is 0. The molecule has 1 N–H and O–H groups in total. The lowest BCUT2D eigenvalue weighted by atomic mass is 10.1. The van der Waals surface area contributed by atoms with Gasteiger partial charge in [0.15, 0.2) is 4.90 Å². The largest absolute Gasteiger partial charge is 0.304 e. The van der Waals surface area contributed by atoms with Crippen molar-refractivity contribution in [2.45, 2.75) is 18.7 Å². The lowest BCUT2D eigenvalue weighted by Gasteiger charge is -2.33. The van der Waals surface area contributed by atoms with E-state index in [4.69, 9.17) is 0 Å². The fraction of sp³-hybridized carbons (Fsp3) is 0.625. The Morgan fingerprint density at radius 3 is 2.52 bits per heavy atom. The van der Waals surface area contributed by atoms with E-state index in [-0.39, 0.29) is 23.0 Å². The average Bonchev–Trinajstić information content (AvgIpc) is 2.54. The van der Waals surface area contributed by atoms with E-state index in [1.54, 1.807) is 13.0 Å². The molecule has 0 spiro atoms. The van der Waals surface area contributed by atoms with Crippen LogP contribution in [0.3, 0.4) is 0 Å². The van der Waals surface area contributed by atoms with Gasteiger partial charge >= 0.3 is 0 Å². The summed E-state index contributed by atoms with van der Waals surface area (Å²) in [7, 11) is -1.84. The highest BCUT2D eigenvalue weighted by atomic mass is 32.2. The third-order valence-corrected chi connectivity index (χ3v) is 6.06. The average molecular weight is 370 g/mol. The second kappa shape index (κ2) is 8.22. The Bertz CT molecular complexity index is 715. The summed E-state index contributed by atoms with van der Waals surface area (Å²) >= 11 is 0. The van der Waals surface area contributed by atoms with E-state index >= 15 is 0 Å². The monoisotopic (exact) mass is 370 g/mol. The molecule has 9 heteroatoms. The summed E-state index contributed by atoms with van der Waals surface area (Å²) in [6.45, 7) is 8.55. The van der Waals surface area contributed by atoms with Gasteiger partial charge in [0.25, 0.3) is 5.69 Å². The van der Waals surface area contributed by atoms with E-state index in [1.807, 2.05) is 6.92 Å². The van der Waals surface area contributed by atoms with Gasteiger partial charge in [0, 0.05) is 45.3 Å². The number of piperazine rings is 1. The van der Waals surface area contributed by atoms with Crippen molar-refractivity contribution in [1.82, 2.24) is 14.5 Å². The van der Waals surface area contributed by atoms with E-state index in [9.17, 15) is 18.5 Å². The molecule has 0 bridgehead atoms. The zero-order valence-electron chi connectivity index (χ0n) is 14.9. The highest BCUT2D eigenvalue weighted by molar-refractivity contribution is 7.89. The quantitative estimate of drug-likeness (QED) is 0.570. The molecule has 1 heterocycles. The van der Waals surface area contributed by atoms with Gasteiger partial charge in [-0.1, -0.05) is 19.1 Å². The number of sulfonamides is 1. The van der Waals surface area contributed by atoms with Crippen LogP contribution in [-0.2, 0) is 10.0 Å². The van der Waals surface area contributed by atoms with Crippen molar-refractivity contribution in [3.63, 3.8) is 0 Å². The van der Waals surface area contributed by atoms with Crippen molar-refractivity contribution in [2.75, 3.05) is 46.3 Å². The zero-order valence-corrected chi connectivity index (χ0v) is 15.8. The highest BCUT2D eigenvalue weighted by Gasteiger charge is 2.28. The van der Waals surface area contributed by atoms with Gasteiger partial charge in [-0.3, -0.25) is 10.1 Å². The lowest BCUT2D eigenvalue weighted by Crippen LogP contribution is -2.46. The van der Waals surface area contributed by atoms with Crippen molar-refractivity contribution in [3.05, 3.63) is 33.9 Å². The van der Waals surface area contributed by atoms with Crippen LogP contribution in [0.2, 0.25) is 0 Å².